The van der Waals surface area contributed by atoms with Crippen LogP contribution in [0.5, 0.6) is 11.5 Å². The van der Waals surface area contributed by atoms with Gasteiger partial charge >= 0.3 is 0 Å². The number of nitrogens with one attached hydrogen (secondary N) is 1. The van der Waals surface area contributed by atoms with E-state index in [2.05, 4.69) is 5.32 Å². The third-order valence-electron chi connectivity index (χ3n) is 3.94. The lowest BCUT2D eigenvalue weighted by atomic mass is 10.2. The Morgan fingerprint density at radius 1 is 0.963 bits per heavy atom. The minimum absolute atomic E-state index is 0.0195. The van der Waals surface area contributed by atoms with E-state index in [0.717, 1.165) is 11.3 Å². The van der Waals surface area contributed by atoms with E-state index in [1.54, 1.807) is 44.6 Å². The second-order valence-corrected chi connectivity index (χ2v) is 5.74. The summed E-state index contributed by atoms with van der Waals surface area (Å²) in [4.78, 5) is 26.0. The fourth-order valence-corrected chi connectivity index (χ4v) is 2.38. The van der Waals surface area contributed by atoms with E-state index in [0.29, 0.717) is 18.0 Å². The molecule has 2 aromatic rings. The van der Waals surface area contributed by atoms with Gasteiger partial charge in [0.25, 0.3) is 0 Å². The van der Waals surface area contributed by atoms with Crippen LogP contribution in [0.1, 0.15) is 12.5 Å². The molecule has 1 N–H and O–H groups in total. The van der Waals surface area contributed by atoms with Crippen LogP contribution >= 0.6 is 0 Å². The molecule has 0 saturated carbocycles. The molecular weight excluding hydrogens is 344 g/mol. The summed E-state index contributed by atoms with van der Waals surface area (Å²) in [5.74, 6) is 0.984. The summed E-state index contributed by atoms with van der Waals surface area (Å²) in [6.45, 7) is 2.25. The molecule has 0 atom stereocenters. The van der Waals surface area contributed by atoms with Gasteiger partial charge in [-0.25, -0.2) is 0 Å². The van der Waals surface area contributed by atoms with Gasteiger partial charge in [-0.05, 0) is 55.0 Å². The average Bonchev–Trinajstić information content (AvgIpc) is 2.71. The summed E-state index contributed by atoms with van der Waals surface area (Å²) in [6.07, 6.45) is 3.18. The molecule has 6 nitrogen and oxygen atoms in total. The monoisotopic (exact) mass is 368 g/mol. The van der Waals surface area contributed by atoms with Gasteiger partial charge in [-0.2, -0.15) is 0 Å². The molecule has 27 heavy (non-hydrogen) atoms. The van der Waals surface area contributed by atoms with Crippen LogP contribution in [0.25, 0.3) is 6.08 Å². The number of hydrogen-bond donors (Lipinski definition) is 1. The number of carbonyl (C=O) groups excluding carboxylic acids is 2. The van der Waals surface area contributed by atoms with E-state index in [-0.39, 0.29) is 18.4 Å². The van der Waals surface area contributed by atoms with Crippen LogP contribution in [0.15, 0.2) is 54.6 Å². The van der Waals surface area contributed by atoms with Crippen molar-refractivity contribution in [1.29, 1.82) is 0 Å². The molecule has 0 aromatic heterocycles. The number of ether oxygens (including phenoxy) is 2. The highest BCUT2D eigenvalue weighted by molar-refractivity contribution is 5.98. The maximum atomic E-state index is 12.4. The molecule has 0 spiro atoms. The molecule has 0 radical (unpaired) electrons. The van der Waals surface area contributed by atoms with Crippen LogP contribution in [-0.2, 0) is 9.59 Å². The van der Waals surface area contributed by atoms with Gasteiger partial charge in [0.2, 0.25) is 11.8 Å². The van der Waals surface area contributed by atoms with E-state index < -0.39 is 0 Å². The summed E-state index contributed by atoms with van der Waals surface area (Å²) in [5.41, 5.74) is 1.53. The fraction of sp³-hybridized carbons (Fsp3) is 0.238. The predicted molar refractivity (Wildman–Crippen MR) is 106 cm³/mol. The summed E-state index contributed by atoms with van der Waals surface area (Å²) >= 11 is 0. The Labute approximate surface area is 159 Å². The van der Waals surface area contributed by atoms with Gasteiger partial charge < -0.3 is 19.7 Å². The normalized spacial score (nSPS) is 10.5. The molecule has 0 saturated heterocycles. The van der Waals surface area contributed by atoms with Crippen molar-refractivity contribution < 1.29 is 19.1 Å². The van der Waals surface area contributed by atoms with Gasteiger partial charge in [0.15, 0.2) is 0 Å². The second-order valence-electron chi connectivity index (χ2n) is 5.74. The van der Waals surface area contributed by atoms with Gasteiger partial charge in [0, 0.05) is 18.3 Å². The Balaban J connectivity index is 1.92. The number of anilines is 1. The first-order valence-electron chi connectivity index (χ1n) is 8.60. The van der Waals surface area contributed by atoms with Gasteiger partial charge in [-0.1, -0.05) is 12.1 Å². The number of carbonyl (C=O) groups is 2. The first-order chi connectivity index (χ1) is 13.0. The molecule has 0 aliphatic heterocycles. The van der Waals surface area contributed by atoms with E-state index in [4.69, 9.17) is 9.47 Å². The second kappa shape index (κ2) is 10.0. The lowest BCUT2D eigenvalue weighted by molar-refractivity contribution is -0.130. The number of hydrogen-bond acceptors (Lipinski definition) is 4. The van der Waals surface area contributed by atoms with Crippen molar-refractivity contribution in [2.75, 3.05) is 32.6 Å². The molecule has 0 fully saturated rings. The lowest BCUT2D eigenvalue weighted by Crippen LogP contribution is -2.36. The molecule has 0 heterocycles. The van der Waals surface area contributed by atoms with Crippen LogP contribution in [-0.4, -0.2) is 44.0 Å². The Morgan fingerprint density at radius 2 is 1.52 bits per heavy atom. The molecule has 2 aromatic carbocycles. The average molecular weight is 368 g/mol. The Hall–Kier alpha value is -3.28. The molecular formula is C21H24N2O4. The number of likely N-dealkylation sites (N-methyl/N-ethyl adjacent to an activating group) is 1. The van der Waals surface area contributed by atoms with E-state index in [9.17, 15) is 9.59 Å². The Morgan fingerprint density at radius 3 is 2.04 bits per heavy atom. The summed E-state index contributed by atoms with van der Waals surface area (Å²) in [6, 6.07) is 14.4. The van der Waals surface area contributed by atoms with Crippen LogP contribution in [0.3, 0.4) is 0 Å². The van der Waals surface area contributed by atoms with Crippen molar-refractivity contribution in [1.82, 2.24) is 4.90 Å². The SMILES string of the molecule is CCN(CC(=O)Nc1ccc(OC)cc1)C(=O)/C=C/c1ccc(OC)cc1. The summed E-state index contributed by atoms with van der Waals surface area (Å²) in [7, 11) is 3.18. The van der Waals surface area contributed by atoms with Crippen molar-refractivity contribution in [2.45, 2.75) is 6.92 Å². The van der Waals surface area contributed by atoms with Crippen LogP contribution in [0.4, 0.5) is 5.69 Å². The van der Waals surface area contributed by atoms with Gasteiger partial charge in [0.05, 0.1) is 14.2 Å². The summed E-state index contributed by atoms with van der Waals surface area (Å²) in [5, 5.41) is 2.77. The molecule has 6 heteroatoms. The molecule has 0 aliphatic carbocycles. The van der Waals surface area contributed by atoms with E-state index >= 15 is 0 Å². The lowest BCUT2D eigenvalue weighted by Gasteiger charge is -2.18. The van der Waals surface area contributed by atoms with Crippen molar-refractivity contribution in [3.8, 4) is 11.5 Å². The molecule has 0 aliphatic rings. The number of rotatable bonds is 8. The predicted octanol–water partition coefficient (Wildman–Crippen LogP) is 3.20. The largest absolute Gasteiger partial charge is 0.497 e. The van der Waals surface area contributed by atoms with Crippen molar-refractivity contribution in [3.05, 3.63) is 60.2 Å². The highest BCUT2D eigenvalue weighted by Crippen LogP contribution is 2.15. The highest BCUT2D eigenvalue weighted by Gasteiger charge is 2.13. The topological polar surface area (TPSA) is 67.9 Å². The molecule has 142 valence electrons. The smallest absolute Gasteiger partial charge is 0.247 e. The maximum Gasteiger partial charge on any atom is 0.247 e. The number of amides is 2. The number of benzene rings is 2. The third-order valence-corrected chi connectivity index (χ3v) is 3.94. The molecule has 2 rings (SSSR count). The summed E-state index contributed by atoms with van der Waals surface area (Å²) < 4.78 is 10.2. The zero-order valence-electron chi connectivity index (χ0n) is 15.8. The molecule has 2 amide bonds. The Kier molecular flexibility index (Phi) is 7.43. The van der Waals surface area contributed by atoms with Gasteiger partial charge in [-0.15, -0.1) is 0 Å². The van der Waals surface area contributed by atoms with Crippen molar-refractivity contribution in [2.24, 2.45) is 0 Å². The standard InChI is InChI=1S/C21H24N2O4/c1-4-23(15-20(24)22-17-8-12-19(27-3)13-9-17)21(25)14-7-16-5-10-18(26-2)11-6-16/h5-14H,4,15H2,1-3H3,(H,22,24)/b14-7+. The number of nitrogens with zero attached hydrogens (tertiary/aromatic N) is 1. The van der Waals surface area contributed by atoms with E-state index in [1.807, 2.05) is 31.2 Å². The van der Waals surface area contributed by atoms with Gasteiger partial charge in [-0.3, -0.25) is 9.59 Å². The van der Waals surface area contributed by atoms with Gasteiger partial charge in [0.1, 0.15) is 18.0 Å². The van der Waals surface area contributed by atoms with E-state index in [1.165, 1.54) is 11.0 Å². The first-order valence-corrected chi connectivity index (χ1v) is 8.60. The Bertz CT molecular complexity index is 783. The third kappa shape index (κ3) is 6.18. The number of methoxy groups -OCH3 is 2. The van der Waals surface area contributed by atoms with Crippen LogP contribution < -0.4 is 14.8 Å². The zero-order chi connectivity index (χ0) is 19.6. The quantitative estimate of drug-likeness (QED) is 0.727. The van der Waals surface area contributed by atoms with Crippen molar-refractivity contribution in [3.63, 3.8) is 0 Å². The van der Waals surface area contributed by atoms with Crippen LogP contribution in [0, 0.1) is 0 Å². The minimum atomic E-state index is -0.256. The first kappa shape index (κ1) is 20.0. The molecule has 0 unspecified atom stereocenters. The highest BCUT2D eigenvalue weighted by atomic mass is 16.5. The molecule has 0 bridgehead atoms. The van der Waals surface area contributed by atoms with Crippen molar-refractivity contribution >= 4 is 23.6 Å². The van der Waals surface area contributed by atoms with Crippen LogP contribution in [0.2, 0.25) is 0 Å². The maximum absolute atomic E-state index is 12.4. The fourth-order valence-electron chi connectivity index (χ4n) is 2.38. The zero-order valence-corrected chi connectivity index (χ0v) is 15.8. The minimum Gasteiger partial charge on any atom is -0.497 e.